The number of aromatic nitrogens is 8. The van der Waals surface area contributed by atoms with Gasteiger partial charge in [0.1, 0.15) is 34.2 Å². The monoisotopic (exact) mass is 780 g/mol. The minimum atomic E-state index is -0.638. The van der Waals surface area contributed by atoms with Crippen LogP contribution in [0.1, 0.15) is 47.4 Å². The zero-order chi connectivity index (χ0) is 40.2. The zero-order valence-electron chi connectivity index (χ0n) is 31.5. The van der Waals surface area contributed by atoms with Crippen LogP contribution >= 0.6 is 11.6 Å². The third-order valence-electron chi connectivity index (χ3n) is 7.41. The molecule has 0 aliphatic heterocycles. The zero-order valence-corrected chi connectivity index (χ0v) is 32.3. The first kappa shape index (κ1) is 39.0. The maximum atomic E-state index is 14.6. The van der Waals surface area contributed by atoms with Gasteiger partial charge in [0.05, 0.1) is 18.7 Å². The van der Waals surface area contributed by atoms with Crippen molar-refractivity contribution in [2.24, 2.45) is 0 Å². The molecule has 5 heterocycles. The average Bonchev–Trinajstić information content (AvgIpc) is 3.90. The van der Waals surface area contributed by atoms with Crippen molar-refractivity contribution in [3.8, 4) is 22.3 Å². The molecule has 0 atom stereocenters. The number of carbonyl (C=O) groups is 2. The lowest BCUT2D eigenvalue weighted by Crippen LogP contribution is -2.27. The summed E-state index contributed by atoms with van der Waals surface area (Å²) in [6.07, 6.45) is 8.12. The predicted octanol–water partition coefficient (Wildman–Crippen LogP) is 9.58. The van der Waals surface area contributed by atoms with Crippen molar-refractivity contribution < 1.29 is 27.9 Å². The van der Waals surface area contributed by atoms with Gasteiger partial charge in [-0.25, -0.2) is 28.9 Å². The minimum absolute atomic E-state index is 0.132. The van der Waals surface area contributed by atoms with E-state index in [9.17, 15) is 14.0 Å². The molecule has 0 radical (unpaired) electrons. The largest absolute Gasteiger partial charge is 0.459 e. The van der Waals surface area contributed by atoms with Crippen LogP contribution in [0.3, 0.4) is 0 Å². The van der Waals surface area contributed by atoms with Gasteiger partial charge in [-0.3, -0.25) is 0 Å². The van der Waals surface area contributed by atoms with Crippen LogP contribution in [0.15, 0.2) is 96.3 Å². The van der Waals surface area contributed by atoms with Gasteiger partial charge >= 0.3 is 12.2 Å². The molecule has 0 saturated carbocycles. The summed E-state index contributed by atoms with van der Waals surface area (Å²) in [6, 6.07) is 15.7. The highest BCUT2D eigenvalue weighted by Crippen LogP contribution is 2.29. The van der Waals surface area contributed by atoms with Crippen LogP contribution in [0.2, 0.25) is 5.28 Å². The lowest BCUT2D eigenvalue weighted by Gasteiger charge is -2.18. The molecule has 7 rings (SSSR count). The third-order valence-corrected chi connectivity index (χ3v) is 7.58. The van der Waals surface area contributed by atoms with Crippen LogP contribution in [-0.4, -0.2) is 62.9 Å². The van der Waals surface area contributed by atoms with Gasteiger partial charge in [-0.05, 0) is 102 Å². The number of nitrogens with one attached hydrogen (secondary N) is 2. The fourth-order valence-electron chi connectivity index (χ4n) is 5.05. The summed E-state index contributed by atoms with van der Waals surface area (Å²) < 4.78 is 32.8. The van der Waals surface area contributed by atoms with Gasteiger partial charge in [0.15, 0.2) is 11.4 Å². The van der Waals surface area contributed by atoms with Crippen molar-refractivity contribution in [2.75, 3.05) is 10.6 Å². The first-order valence-electron chi connectivity index (χ1n) is 17.2. The molecule has 17 heteroatoms. The maximum absolute atomic E-state index is 14.6. The number of hydrogen-bond donors (Lipinski definition) is 2. The predicted molar refractivity (Wildman–Crippen MR) is 209 cm³/mol. The summed E-state index contributed by atoms with van der Waals surface area (Å²) >= 11 is 5.97. The molecular weight excluding hydrogens is 743 g/mol. The number of hydrogen-bond acceptors (Lipinski definition) is 13. The molecule has 7 aromatic rings. The Morgan fingerprint density at radius 2 is 1.39 bits per heavy atom. The first-order chi connectivity index (χ1) is 26.5. The minimum Gasteiger partial charge on any atom is -0.459 e. The number of furan rings is 1. The van der Waals surface area contributed by atoms with Crippen LogP contribution in [0.5, 0.6) is 0 Å². The van der Waals surface area contributed by atoms with E-state index in [0.29, 0.717) is 45.4 Å². The van der Waals surface area contributed by atoms with Crippen molar-refractivity contribution in [1.82, 2.24) is 39.5 Å². The Hall–Kier alpha value is -6.68. The Morgan fingerprint density at radius 3 is 2.02 bits per heavy atom. The van der Waals surface area contributed by atoms with Crippen molar-refractivity contribution >= 4 is 57.9 Å². The van der Waals surface area contributed by atoms with E-state index in [2.05, 4.69) is 40.8 Å². The number of nitrogens with zero attached hydrogens (tertiary/aromatic N) is 8. The Kier molecular flexibility index (Phi) is 11.1. The molecule has 2 N–H and O–H groups in total. The van der Waals surface area contributed by atoms with Crippen molar-refractivity contribution in [3.63, 3.8) is 0 Å². The van der Waals surface area contributed by atoms with Gasteiger partial charge < -0.3 is 24.5 Å². The quantitative estimate of drug-likeness (QED) is 0.153. The third kappa shape index (κ3) is 10.1. The molecule has 288 valence electrons. The second-order valence-electron chi connectivity index (χ2n) is 14.3. The molecule has 5 aromatic heterocycles. The molecule has 56 heavy (non-hydrogen) atoms. The highest BCUT2D eigenvalue weighted by atomic mass is 35.5. The second kappa shape index (κ2) is 16.0. The molecule has 0 spiro atoms. The molecular formula is C39H38ClFN10O5. The van der Waals surface area contributed by atoms with Crippen LogP contribution < -0.4 is 10.6 Å². The Balaban J connectivity index is 0.000000190. The smallest absolute Gasteiger partial charge is 0.435 e. The molecule has 0 saturated heterocycles. The summed E-state index contributed by atoms with van der Waals surface area (Å²) in [5.74, 6) is 1.23. The van der Waals surface area contributed by atoms with Crippen LogP contribution in [0.4, 0.5) is 37.0 Å². The topological polar surface area (TPSA) is 177 Å². The standard InChI is InChI=1S/C20H18ClN5O3.C19H20FN5O2/c1-20(2,3)29-19(27)26-11-13(10-22-26)12-4-6-14(7-5-12)23-17-16-15(8-9-28-16)24-18(21)25-17;1-12-21-8-7-17(23-12)24-14-5-6-15(16(20)9-14)13-10-22-25(11-13)18(26)27-19(2,3)4/h4-11H,1-3H3,(H,23,24,25);5-11H,1-4H3,(H,21,23,24). The summed E-state index contributed by atoms with van der Waals surface area (Å²) in [7, 11) is 0. The van der Waals surface area contributed by atoms with Gasteiger partial charge in [0.25, 0.3) is 0 Å². The molecule has 0 amide bonds. The van der Waals surface area contributed by atoms with E-state index in [-0.39, 0.29) is 5.28 Å². The van der Waals surface area contributed by atoms with Gasteiger partial charge in [-0.1, -0.05) is 12.1 Å². The fraction of sp³-hybridized carbons (Fsp3) is 0.231. The van der Waals surface area contributed by atoms with Crippen molar-refractivity contribution in [1.29, 1.82) is 0 Å². The highest BCUT2D eigenvalue weighted by Gasteiger charge is 2.21. The average molecular weight is 781 g/mol. The number of fused-ring (bicyclic) bond motifs is 1. The number of rotatable bonds is 6. The van der Waals surface area contributed by atoms with E-state index in [4.69, 9.17) is 25.5 Å². The first-order valence-corrected chi connectivity index (χ1v) is 17.6. The summed E-state index contributed by atoms with van der Waals surface area (Å²) in [5.41, 5.74) is 3.76. The lowest BCUT2D eigenvalue weighted by atomic mass is 10.1. The fourth-order valence-corrected chi connectivity index (χ4v) is 5.23. The summed E-state index contributed by atoms with van der Waals surface area (Å²) in [5, 5.41) is 14.4. The number of aryl methyl sites for hydroxylation is 1. The van der Waals surface area contributed by atoms with Gasteiger partial charge in [-0.2, -0.15) is 24.5 Å². The number of carbonyl (C=O) groups excluding carboxylic acids is 2. The molecule has 15 nitrogen and oxygen atoms in total. The molecule has 0 unspecified atom stereocenters. The van der Waals surface area contributed by atoms with E-state index >= 15 is 0 Å². The van der Waals surface area contributed by atoms with Crippen LogP contribution in [-0.2, 0) is 9.47 Å². The lowest BCUT2D eigenvalue weighted by molar-refractivity contribution is 0.0503. The highest BCUT2D eigenvalue weighted by molar-refractivity contribution is 6.28. The van der Waals surface area contributed by atoms with E-state index < -0.39 is 29.2 Å². The SMILES string of the molecule is CC(C)(C)OC(=O)n1cc(-c2ccc(Nc3nc(Cl)nc4ccoc34)cc2)cn1.Cc1nccc(Nc2ccc(-c3cnn(C(=O)OC(C)(C)C)c3)c(F)c2)n1. The van der Waals surface area contributed by atoms with Gasteiger partial charge in [0.2, 0.25) is 5.28 Å². The molecule has 0 fully saturated rings. The van der Waals surface area contributed by atoms with E-state index in [0.717, 1.165) is 21.5 Å². The molecule has 2 aromatic carbocycles. The molecule has 0 bridgehead atoms. The summed E-state index contributed by atoms with van der Waals surface area (Å²) in [6.45, 7) is 12.5. The summed E-state index contributed by atoms with van der Waals surface area (Å²) in [4.78, 5) is 40.7. The van der Waals surface area contributed by atoms with Gasteiger partial charge in [-0.15, -0.1) is 0 Å². The number of anilines is 4. The van der Waals surface area contributed by atoms with Crippen molar-refractivity contribution in [2.45, 2.75) is 59.7 Å². The Bertz CT molecular complexity index is 2500. The normalized spacial score (nSPS) is 11.4. The Labute approximate surface area is 325 Å². The molecule has 0 aliphatic carbocycles. The number of ether oxygens (including phenoxy) is 2. The molecule has 0 aliphatic rings. The number of benzene rings is 2. The van der Waals surface area contributed by atoms with E-state index in [1.54, 1.807) is 70.6 Å². The van der Waals surface area contributed by atoms with Gasteiger partial charge in [0, 0.05) is 52.7 Å². The maximum Gasteiger partial charge on any atom is 0.435 e. The second-order valence-corrected chi connectivity index (χ2v) is 14.6. The van der Waals surface area contributed by atoms with Crippen LogP contribution in [0, 0.1) is 12.7 Å². The number of halogens is 2. The van der Waals surface area contributed by atoms with Crippen LogP contribution in [0.25, 0.3) is 33.4 Å². The van der Waals surface area contributed by atoms with E-state index in [1.165, 1.54) is 29.4 Å². The Morgan fingerprint density at radius 1 is 0.768 bits per heavy atom. The van der Waals surface area contributed by atoms with Crippen molar-refractivity contribution in [3.05, 3.63) is 109 Å². The van der Waals surface area contributed by atoms with E-state index in [1.807, 2.05) is 45.0 Å².